The summed E-state index contributed by atoms with van der Waals surface area (Å²) in [6.07, 6.45) is 4.01. The Labute approximate surface area is 102 Å². The molecule has 2 fully saturated rings. The fourth-order valence-corrected chi connectivity index (χ4v) is 3.16. The van der Waals surface area contributed by atoms with Crippen LogP contribution in [-0.2, 0) is 0 Å². The maximum atomic E-state index is 9.36. The molecular formula is C14H20N2O. The lowest BCUT2D eigenvalue weighted by Crippen LogP contribution is -2.54. The summed E-state index contributed by atoms with van der Waals surface area (Å²) in [5.41, 5.74) is 1.32. The van der Waals surface area contributed by atoms with E-state index in [1.165, 1.54) is 31.4 Å². The molecule has 3 heteroatoms. The van der Waals surface area contributed by atoms with Gasteiger partial charge in [-0.15, -0.1) is 0 Å². The van der Waals surface area contributed by atoms with E-state index in [0.29, 0.717) is 17.8 Å². The van der Waals surface area contributed by atoms with E-state index in [0.717, 1.165) is 13.1 Å². The third kappa shape index (κ3) is 2.17. The van der Waals surface area contributed by atoms with Gasteiger partial charge in [-0.1, -0.05) is 18.6 Å². The van der Waals surface area contributed by atoms with Crippen LogP contribution in [0.5, 0.6) is 5.75 Å². The second-order valence-electron chi connectivity index (χ2n) is 5.15. The lowest BCUT2D eigenvalue weighted by atomic mass is 9.93. The highest BCUT2D eigenvalue weighted by atomic mass is 16.3. The molecule has 1 aromatic carbocycles. The van der Waals surface area contributed by atoms with Crippen molar-refractivity contribution in [2.45, 2.75) is 31.3 Å². The largest absolute Gasteiger partial charge is 0.508 e. The Kier molecular flexibility index (Phi) is 3.04. The van der Waals surface area contributed by atoms with Crippen molar-refractivity contribution < 1.29 is 5.11 Å². The first-order valence-corrected chi connectivity index (χ1v) is 6.60. The van der Waals surface area contributed by atoms with E-state index < -0.39 is 0 Å². The molecule has 0 amide bonds. The van der Waals surface area contributed by atoms with Crippen LogP contribution in [-0.4, -0.2) is 35.7 Å². The lowest BCUT2D eigenvalue weighted by molar-refractivity contribution is 0.0643. The molecule has 0 radical (unpaired) electrons. The summed E-state index contributed by atoms with van der Waals surface area (Å²) in [6.45, 7) is 3.38. The molecule has 2 atom stereocenters. The van der Waals surface area contributed by atoms with Crippen LogP contribution in [0.25, 0.3) is 0 Å². The number of piperidine rings is 1. The third-order valence-corrected chi connectivity index (χ3v) is 4.07. The zero-order chi connectivity index (χ0) is 11.7. The summed E-state index contributed by atoms with van der Waals surface area (Å²) in [5.74, 6) is 0.354. The molecule has 2 saturated heterocycles. The van der Waals surface area contributed by atoms with Gasteiger partial charge in [-0.3, -0.25) is 4.90 Å². The molecule has 3 nitrogen and oxygen atoms in total. The van der Waals surface area contributed by atoms with Crippen molar-refractivity contribution in [3.05, 3.63) is 29.8 Å². The number of nitrogens with one attached hydrogen (secondary N) is 1. The van der Waals surface area contributed by atoms with E-state index in [9.17, 15) is 5.11 Å². The van der Waals surface area contributed by atoms with Crippen molar-refractivity contribution in [1.29, 1.82) is 0 Å². The number of aromatic hydroxyl groups is 1. The van der Waals surface area contributed by atoms with E-state index in [2.05, 4.69) is 22.3 Å². The number of hydrogen-bond acceptors (Lipinski definition) is 3. The summed E-state index contributed by atoms with van der Waals surface area (Å²) < 4.78 is 0. The minimum absolute atomic E-state index is 0.354. The van der Waals surface area contributed by atoms with Gasteiger partial charge in [0.2, 0.25) is 0 Å². The van der Waals surface area contributed by atoms with Crippen LogP contribution in [0.4, 0.5) is 0 Å². The van der Waals surface area contributed by atoms with Gasteiger partial charge in [0.05, 0.1) is 0 Å². The minimum Gasteiger partial charge on any atom is -0.508 e. The molecule has 2 heterocycles. The molecule has 17 heavy (non-hydrogen) atoms. The van der Waals surface area contributed by atoms with Gasteiger partial charge >= 0.3 is 0 Å². The molecule has 92 valence electrons. The molecule has 0 spiro atoms. The van der Waals surface area contributed by atoms with E-state index in [-0.39, 0.29) is 0 Å². The highest BCUT2D eigenvalue weighted by Gasteiger charge is 2.32. The van der Waals surface area contributed by atoms with Gasteiger partial charge < -0.3 is 10.4 Å². The molecule has 0 aliphatic carbocycles. The second-order valence-corrected chi connectivity index (χ2v) is 5.15. The van der Waals surface area contributed by atoms with Crippen molar-refractivity contribution in [2.24, 2.45) is 0 Å². The highest BCUT2D eigenvalue weighted by molar-refractivity contribution is 5.28. The molecule has 0 saturated carbocycles. The summed E-state index contributed by atoms with van der Waals surface area (Å²) in [6, 6.07) is 8.88. The molecular weight excluding hydrogens is 212 g/mol. The second kappa shape index (κ2) is 4.67. The Balaban J connectivity index is 1.83. The minimum atomic E-state index is 0.354. The molecule has 2 unspecified atom stereocenters. The van der Waals surface area contributed by atoms with Crippen LogP contribution < -0.4 is 5.32 Å². The van der Waals surface area contributed by atoms with E-state index in [1.807, 2.05) is 0 Å². The van der Waals surface area contributed by atoms with E-state index >= 15 is 0 Å². The number of phenolic OH excluding ortho intramolecular Hbond substituents is 1. The number of fused-ring (bicyclic) bond motifs is 1. The number of rotatable bonds is 1. The Hall–Kier alpha value is -1.06. The Morgan fingerprint density at radius 2 is 1.94 bits per heavy atom. The standard InChI is InChI=1S/C14H20N2O/c17-13-6-4-11(5-7-13)14-10-15-9-12-3-1-2-8-16(12)14/h4-7,12,14-15,17H,1-3,8-10H2. The van der Waals surface area contributed by atoms with Crippen LogP contribution in [0.2, 0.25) is 0 Å². The lowest BCUT2D eigenvalue weighted by Gasteiger charge is -2.45. The van der Waals surface area contributed by atoms with Gasteiger partial charge in [0.15, 0.2) is 0 Å². The first-order valence-electron chi connectivity index (χ1n) is 6.60. The van der Waals surface area contributed by atoms with Crippen LogP contribution in [0.1, 0.15) is 30.9 Å². The molecule has 3 rings (SSSR count). The fraction of sp³-hybridized carbons (Fsp3) is 0.571. The zero-order valence-corrected chi connectivity index (χ0v) is 10.1. The fourth-order valence-electron chi connectivity index (χ4n) is 3.16. The van der Waals surface area contributed by atoms with Crippen molar-refractivity contribution in [3.63, 3.8) is 0 Å². The average molecular weight is 232 g/mol. The molecule has 2 aliphatic rings. The number of hydrogen-bond donors (Lipinski definition) is 2. The van der Waals surface area contributed by atoms with Crippen LogP contribution >= 0.6 is 0 Å². The third-order valence-electron chi connectivity index (χ3n) is 4.07. The maximum absolute atomic E-state index is 9.36. The predicted octanol–water partition coefficient (Wildman–Crippen LogP) is 1.89. The summed E-state index contributed by atoms with van der Waals surface area (Å²) in [7, 11) is 0. The SMILES string of the molecule is Oc1ccc(C2CNCC3CCCCN32)cc1. The van der Waals surface area contributed by atoms with Gasteiger partial charge in [-0.25, -0.2) is 0 Å². The topological polar surface area (TPSA) is 35.5 Å². The molecule has 0 bridgehead atoms. The average Bonchev–Trinajstić information content (AvgIpc) is 2.39. The normalized spacial score (nSPS) is 29.9. The predicted molar refractivity (Wildman–Crippen MR) is 68.1 cm³/mol. The number of piperazine rings is 1. The molecule has 1 aromatic rings. The van der Waals surface area contributed by atoms with E-state index in [1.54, 1.807) is 12.1 Å². The summed E-state index contributed by atoms with van der Waals surface area (Å²) in [5, 5.41) is 12.9. The van der Waals surface area contributed by atoms with Crippen LogP contribution in [0.3, 0.4) is 0 Å². The van der Waals surface area contributed by atoms with Crippen molar-refractivity contribution in [3.8, 4) is 5.75 Å². The maximum Gasteiger partial charge on any atom is 0.115 e. The van der Waals surface area contributed by atoms with Crippen molar-refractivity contribution >= 4 is 0 Å². The number of benzene rings is 1. The molecule has 2 N–H and O–H groups in total. The quantitative estimate of drug-likeness (QED) is 0.776. The van der Waals surface area contributed by atoms with Crippen LogP contribution in [0.15, 0.2) is 24.3 Å². The molecule has 0 aromatic heterocycles. The Bertz CT molecular complexity index is 374. The van der Waals surface area contributed by atoms with Gasteiger partial charge in [-0.05, 0) is 37.1 Å². The van der Waals surface area contributed by atoms with Crippen LogP contribution in [0, 0.1) is 0 Å². The summed E-state index contributed by atoms with van der Waals surface area (Å²) in [4.78, 5) is 2.65. The van der Waals surface area contributed by atoms with Crippen molar-refractivity contribution in [1.82, 2.24) is 10.2 Å². The zero-order valence-electron chi connectivity index (χ0n) is 10.1. The smallest absolute Gasteiger partial charge is 0.115 e. The molecule has 2 aliphatic heterocycles. The Morgan fingerprint density at radius 1 is 1.12 bits per heavy atom. The van der Waals surface area contributed by atoms with Crippen molar-refractivity contribution in [2.75, 3.05) is 19.6 Å². The number of nitrogens with zero attached hydrogens (tertiary/aromatic N) is 1. The highest BCUT2D eigenvalue weighted by Crippen LogP contribution is 2.31. The van der Waals surface area contributed by atoms with Gasteiger partial charge in [-0.2, -0.15) is 0 Å². The van der Waals surface area contributed by atoms with E-state index in [4.69, 9.17) is 0 Å². The summed E-state index contributed by atoms with van der Waals surface area (Å²) >= 11 is 0. The monoisotopic (exact) mass is 232 g/mol. The first-order chi connectivity index (χ1) is 8.34. The number of phenols is 1. The Morgan fingerprint density at radius 3 is 2.76 bits per heavy atom. The van der Waals surface area contributed by atoms with Gasteiger partial charge in [0.25, 0.3) is 0 Å². The first kappa shape index (κ1) is 11.1. The van der Waals surface area contributed by atoms with Gasteiger partial charge in [0, 0.05) is 25.2 Å². The van der Waals surface area contributed by atoms with Gasteiger partial charge in [0.1, 0.15) is 5.75 Å².